The number of sulfonamides is 1. The number of carbonyl (C=O) groups excluding carboxylic acids is 2. The maximum atomic E-state index is 14.5. The van der Waals surface area contributed by atoms with Gasteiger partial charge in [0.15, 0.2) is 12.4 Å². The second kappa shape index (κ2) is 14.2. The predicted molar refractivity (Wildman–Crippen MR) is 178 cm³/mol. The van der Waals surface area contributed by atoms with Gasteiger partial charge in [0.05, 0.1) is 24.4 Å². The van der Waals surface area contributed by atoms with Crippen molar-refractivity contribution in [3.8, 4) is 24.1 Å². The van der Waals surface area contributed by atoms with Gasteiger partial charge in [0.1, 0.15) is 28.0 Å². The summed E-state index contributed by atoms with van der Waals surface area (Å²) < 4.78 is 57.2. The second-order valence-corrected chi connectivity index (χ2v) is 14.1. The number of aryl methyl sites for hydroxylation is 1. The summed E-state index contributed by atoms with van der Waals surface area (Å²) in [5, 5.41) is 2.18. The Bertz CT molecular complexity index is 2170. The summed E-state index contributed by atoms with van der Waals surface area (Å²) in [6.07, 6.45) is 6.22. The number of terminal acetylenes is 1. The first-order valence-corrected chi connectivity index (χ1v) is 17.0. The molecule has 4 aromatic rings. The first-order valence-electron chi connectivity index (χ1n) is 14.3. The SMILES string of the molecule is C#CCN1C(=O)COc2cc(F)c(/N=c3\snc4n3CC(C)(C)C4)cc21.COc1nc(C)nc(NC(=O)NS(=O)(=O)c2ccccc2Cl)n1. The fraction of sp³-hybridized carbons (Fsp3) is 0.300. The number of halogens is 2. The van der Waals surface area contributed by atoms with Crippen LogP contribution in [-0.4, -0.2) is 64.5 Å². The van der Waals surface area contributed by atoms with Gasteiger partial charge in [0, 0.05) is 30.6 Å². The fourth-order valence-electron chi connectivity index (χ4n) is 4.82. The Morgan fingerprint density at radius 3 is 2.73 bits per heavy atom. The minimum Gasteiger partial charge on any atom is -0.481 e. The molecule has 2 aliphatic heterocycles. The lowest BCUT2D eigenvalue weighted by molar-refractivity contribution is -0.121. The van der Waals surface area contributed by atoms with E-state index in [1.807, 2.05) is 9.29 Å². The zero-order valence-electron chi connectivity index (χ0n) is 26.5. The van der Waals surface area contributed by atoms with Gasteiger partial charge in [0.2, 0.25) is 10.7 Å². The van der Waals surface area contributed by atoms with E-state index < -0.39 is 21.9 Å². The van der Waals surface area contributed by atoms with Crippen molar-refractivity contribution in [2.75, 3.05) is 30.5 Å². The quantitative estimate of drug-likeness (QED) is 0.278. The molecule has 0 fully saturated rings. The molecule has 2 aromatic carbocycles. The highest BCUT2D eigenvalue weighted by molar-refractivity contribution is 7.90. The van der Waals surface area contributed by atoms with Crippen LogP contribution in [-0.2, 0) is 27.8 Å². The Morgan fingerprint density at radius 2 is 2.02 bits per heavy atom. The highest BCUT2D eigenvalue weighted by Gasteiger charge is 2.31. The van der Waals surface area contributed by atoms with Crippen molar-refractivity contribution in [2.24, 2.45) is 10.4 Å². The van der Waals surface area contributed by atoms with E-state index in [4.69, 9.17) is 27.5 Å². The molecule has 3 amide bonds. The standard InChI is InChI=1S/C18H17FN4O2S.C12H12ClN5O4S/c1-4-5-22-13-7-12(11(19)6-14(13)25-9-16(22)24)20-17-23-10-18(2,3)8-15(23)21-26-17;1-7-14-10(17-12(15-7)22-2)16-11(19)18-23(20,21)9-6-4-3-5-8(9)13/h1,6-7H,5,8-10H2,2-3H3;3-6H,1-2H3,(H2,14,15,16,17,18,19)/b20-17-;. The van der Waals surface area contributed by atoms with E-state index in [1.54, 1.807) is 13.0 Å². The molecule has 0 bridgehead atoms. The van der Waals surface area contributed by atoms with Gasteiger partial charge >= 0.3 is 12.0 Å². The molecule has 2 aromatic heterocycles. The van der Waals surface area contributed by atoms with Gasteiger partial charge in [-0.3, -0.25) is 15.0 Å². The van der Waals surface area contributed by atoms with Crippen LogP contribution in [0.3, 0.4) is 0 Å². The number of hydrogen-bond donors (Lipinski definition) is 2. The zero-order chi connectivity index (χ0) is 35.5. The molecule has 0 saturated carbocycles. The molecule has 19 heteroatoms. The number of hydrogen-bond acceptors (Lipinski definition) is 12. The summed E-state index contributed by atoms with van der Waals surface area (Å²) in [6.45, 7) is 6.62. The average molecular weight is 730 g/mol. The van der Waals surface area contributed by atoms with Crippen LogP contribution >= 0.6 is 23.1 Å². The number of fused-ring (bicyclic) bond motifs is 2. The molecule has 0 saturated heterocycles. The summed E-state index contributed by atoms with van der Waals surface area (Å²) in [6, 6.07) is 7.42. The van der Waals surface area contributed by atoms with Crippen LogP contribution in [0.2, 0.25) is 5.02 Å². The van der Waals surface area contributed by atoms with Crippen LogP contribution in [0.4, 0.5) is 26.5 Å². The van der Waals surface area contributed by atoms with Gasteiger partial charge in [-0.25, -0.2) is 27.3 Å². The summed E-state index contributed by atoms with van der Waals surface area (Å²) in [7, 11) is -2.78. The van der Waals surface area contributed by atoms with Crippen molar-refractivity contribution in [1.82, 2.24) is 28.6 Å². The van der Waals surface area contributed by atoms with Crippen molar-refractivity contribution in [3.05, 3.63) is 63.7 Å². The maximum Gasteiger partial charge on any atom is 0.335 e. The third-order valence-electron chi connectivity index (χ3n) is 6.92. The summed E-state index contributed by atoms with van der Waals surface area (Å²) in [5.74, 6) is 3.06. The van der Waals surface area contributed by atoms with Crippen LogP contribution in [0.15, 0.2) is 46.3 Å². The van der Waals surface area contributed by atoms with Gasteiger partial charge in [-0.2, -0.15) is 19.3 Å². The molecule has 0 unspecified atom stereocenters. The Kier molecular flexibility index (Phi) is 10.2. The average Bonchev–Trinajstić information content (AvgIpc) is 3.53. The Labute approximate surface area is 289 Å². The number of amides is 3. The zero-order valence-corrected chi connectivity index (χ0v) is 28.9. The molecule has 49 heavy (non-hydrogen) atoms. The number of ether oxygens (including phenoxy) is 2. The number of methoxy groups -OCH3 is 1. The molecule has 2 N–H and O–H groups in total. The molecule has 0 radical (unpaired) electrons. The summed E-state index contributed by atoms with van der Waals surface area (Å²) in [5.41, 5.74) is 0.678. The first kappa shape index (κ1) is 35.2. The summed E-state index contributed by atoms with van der Waals surface area (Å²) in [4.78, 5) is 41.6. The molecule has 15 nitrogen and oxygen atoms in total. The van der Waals surface area contributed by atoms with Crippen molar-refractivity contribution >= 4 is 62.4 Å². The van der Waals surface area contributed by atoms with Gasteiger partial charge in [-0.15, -0.1) is 6.42 Å². The van der Waals surface area contributed by atoms with Gasteiger partial charge in [-0.1, -0.05) is 43.5 Å². The number of urea groups is 1. The first-order chi connectivity index (χ1) is 23.2. The van der Waals surface area contributed by atoms with E-state index in [0.717, 1.165) is 18.8 Å². The lowest BCUT2D eigenvalue weighted by Crippen LogP contribution is -2.39. The Morgan fingerprint density at radius 1 is 1.27 bits per heavy atom. The van der Waals surface area contributed by atoms with E-state index in [0.29, 0.717) is 22.1 Å². The number of nitrogens with zero attached hydrogens (tertiary/aromatic N) is 7. The van der Waals surface area contributed by atoms with Gasteiger partial charge < -0.3 is 14.0 Å². The minimum atomic E-state index is -4.13. The van der Waals surface area contributed by atoms with E-state index in [1.165, 1.54) is 53.9 Å². The molecular formula is C30H29ClFN9O6S2. The number of anilines is 2. The van der Waals surface area contributed by atoms with Crippen molar-refractivity contribution in [2.45, 2.75) is 38.6 Å². The third kappa shape index (κ3) is 8.13. The lowest BCUT2D eigenvalue weighted by Gasteiger charge is -2.28. The molecule has 0 atom stereocenters. The Balaban J connectivity index is 0.000000193. The smallest absolute Gasteiger partial charge is 0.335 e. The molecule has 256 valence electrons. The van der Waals surface area contributed by atoms with Crippen molar-refractivity contribution in [3.63, 3.8) is 0 Å². The molecule has 6 rings (SSSR count). The molecule has 0 spiro atoms. The van der Waals surface area contributed by atoms with E-state index in [9.17, 15) is 22.4 Å². The van der Waals surface area contributed by atoms with Crippen LogP contribution in [0.5, 0.6) is 11.8 Å². The Hall–Kier alpha value is -5.12. The third-order valence-corrected chi connectivity index (χ3v) is 9.53. The largest absolute Gasteiger partial charge is 0.481 e. The number of rotatable bonds is 6. The molecule has 0 aliphatic carbocycles. The van der Waals surface area contributed by atoms with E-state index in [2.05, 4.69) is 49.4 Å². The lowest BCUT2D eigenvalue weighted by atomic mass is 9.92. The summed E-state index contributed by atoms with van der Waals surface area (Å²) >= 11 is 7.05. The molecule has 2 aliphatic rings. The molecular weight excluding hydrogens is 701 g/mol. The minimum absolute atomic E-state index is 0.00882. The number of nitrogens with one attached hydrogen (secondary N) is 2. The topological polar surface area (TPSA) is 183 Å². The number of carbonyl (C=O) groups is 2. The van der Waals surface area contributed by atoms with Crippen molar-refractivity contribution < 1.29 is 31.9 Å². The van der Waals surface area contributed by atoms with Crippen LogP contribution < -0.4 is 29.2 Å². The number of aromatic nitrogens is 5. The van der Waals surface area contributed by atoms with Crippen LogP contribution in [0.25, 0.3) is 0 Å². The normalized spacial score (nSPS) is 14.8. The maximum absolute atomic E-state index is 14.5. The highest BCUT2D eigenvalue weighted by Crippen LogP contribution is 2.37. The van der Waals surface area contributed by atoms with Gasteiger partial charge in [0.25, 0.3) is 15.9 Å². The fourth-order valence-corrected chi connectivity index (χ4v) is 7.00. The predicted octanol–water partition coefficient (Wildman–Crippen LogP) is 3.61. The van der Waals surface area contributed by atoms with E-state index in [-0.39, 0.29) is 52.0 Å². The monoisotopic (exact) mass is 729 g/mol. The highest BCUT2D eigenvalue weighted by atomic mass is 35.5. The van der Waals surface area contributed by atoms with Crippen LogP contribution in [0.1, 0.15) is 25.5 Å². The number of benzene rings is 2. The van der Waals surface area contributed by atoms with Crippen LogP contribution in [0, 0.1) is 30.5 Å². The van der Waals surface area contributed by atoms with Gasteiger partial charge in [-0.05, 0) is 30.5 Å². The molecule has 4 heterocycles. The van der Waals surface area contributed by atoms with Crippen molar-refractivity contribution in [1.29, 1.82) is 0 Å². The second-order valence-electron chi connectivity index (χ2n) is 11.3. The van der Waals surface area contributed by atoms with E-state index >= 15 is 0 Å².